The van der Waals surface area contributed by atoms with E-state index >= 15 is 0 Å². The van der Waals surface area contributed by atoms with Crippen LogP contribution in [0.25, 0.3) is 11.4 Å². The van der Waals surface area contributed by atoms with Crippen LogP contribution in [-0.2, 0) is 9.59 Å². The highest BCUT2D eigenvalue weighted by molar-refractivity contribution is 6.32. The molecular formula is C24H23ClN4O3. The van der Waals surface area contributed by atoms with Gasteiger partial charge in [-0.3, -0.25) is 19.3 Å². The van der Waals surface area contributed by atoms with E-state index in [1.807, 2.05) is 25.9 Å². The molecule has 0 aliphatic carbocycles. The molecule has 4 rings (SSSR count). The van der Waals surface area contributed by atoms with Crippen LogP contribution in [0, 0.1) is 0 Å². The van der Waals surface area contributed by atoms with Gasteiger partial charge in [0, 0.05) is 16.1 Å². The molecule has 2 heterocycles. The van der Waals surface area contributed by atoms with Crippen LogP contribution >= 0.6 is 11.6 Å². The van der Waals surface area contributed by atoms with E-state index in [-0.39, 0.29) is 35.0 Å². The third kappa shape index (κ3) is 3.92. The van der Waals surface area contributed by atoms with Gasteiger partial charge in [0.15, 0.2) is 0 Å². The fourth-order valence-electron chi connectivity index (χ4n) is 3.91. The van der Waals surface area contributed by atoms with Gasteiger partial charge in [-0.05, 0) is 50.3 Å². The Morgan fingerprint density at radius 1 is 0.969 bits per heavy atom. The van der Waals surface area contributed by atoms with Crippen LogP contribution in [0.1, 0.15) is 34.8 Å². The first-order valence-electron chi connectivity index (χ1n) is 10.3. The summed E-state index contributed by atoms with van der Waals surface area (Å²) >= 11 is 6.09. The SMILES string of the molecule is CCC(NC(=O)c1cccc(C2=C3C(=O)NC(c4cccc(Cl)c4)=C3C(=O)N2)c1)N(C)C. The van der Waals surface area contributed by atoms with Crippen molar-refractivity contribution in [2.75, 3.05) is 14.1 Å². The minimum absolute atomic E-state index is 0.102. The molecule has 0 bridgehead atoms. The highest BCUT2D eigenvalue weighted by atomic mass is 35.5. The smallest absolute Gasteiger partial charge is 0.258 e. The maximum atomic E-state index is 12.8. The average Bonchev–Trinajstić information content (AvgIpc) is 3.30. The van der Waals surface area contributed by atoms with Gasteiger partial charge < -0.3 is 16.0 Å². The summed E-state index contributed by atoms with van der Waals surface area (Å²) in [6.45, 7) is 1.99. The number of carbonyl (C=O) groups is 3. The van der Waals surface area contributed by atoms with Gasteiger partial charge in [-0.25, -0.2) is 0 Å². The molecule has 2 aromatic carbocycles. The molecule has 2 aromatic rings. The summed E-state index contributed by atoms with van der Waals surface area (Å²) < 4.78 is 0. The van der Waals surface area contributed by atoms with Crippen LogP contribution < -0.4 is 16.0 Å². The summed E-state index contributed by atoms with van der Waals surface area (Å²) in [6, 6.07) is 13.8. The first kappa shape index (κ1) is 21.8. The summed E-state index contributed by atoms with van der Waals surface area (Å²) in [7, 11) is 3.80. The zero-order valence-electron chi connectivity index (χ0n) is 18.0. The van der Waals surface area contributed by atoms with Crippen LogP contribution in [0.3, 0.4) is 0 Å². The van der Waals surface area contributed by atoms with Gasteiger partial charge in [0.25, 0.3) is 17.7 Å². The number of hydrogen-bond acceptors (Lipinski definition) is 4. The van der Waals surface area contributed by atoms with E-state index < -0.39 is 0 Å². The molecule has 0 saturated carbocycles. The second-order valence-electron chi connectivity index (χ2n) is 7.86. The van der Waals surface area contributed by atoms with Crippen LogP contribution in [0.4, 0.5) is 0 Å². The molecule has 3 N–H and O–H groups in total. The molecule has 1 unspecified atom stereocenters. The van der Waals surface area contributed by atoms with Crippen molar-refractivity contribution in [3.63, 3.8) is 0 Å². The van der Waals surface area contributed by atoms with Crippen LogP contribution in [0.2, 0.25) is 5.02 Å². The number of nitrogens with zero attached hydrogens (tertiary/aromatic N) is 1. The summed E-state index contributed by atoms with van der Waals surface area (Å²) in [6.07, 6.45) is 0.652. The number of benzene rings is 2. The van der Waals surface area contributed by atoms with Crippen molar-refractivity contribution in [2.45, 2.75) is 19.5 Å². The predicted molar refractivity (Wildman–Crippen MR) is 123 cm³/mol. The molecule has 7 nitrogen and oxygen atoms in total. The Morgan fingerprint density at radius 2 is 1.53 bits per heavy atom. The molecule has 2 aliphatic rings. The minimum Gasteiger partial charge on any atom is -0.337 e. The average molecular weight is 451 g/mol. The Morgan fingerprint density at radius 3 is 2.06 bits per heavy atom. The zero-order chi connectivity index (χ0) is 23.0. The van der Waals surface area contributed by atoms with Crippen LogP contribution in [0.5, 0.6) is 0 Å². The Bertz CT molecular complexity index is 1200. The number of halogens is 1. The second-order valence-corrected chi connectivity index (χ2v) is 8.30. The van der Waals surface area contributed by atoms with Gasteiger partial charge in [-0.1, -0.05) is 42.8 Å². The molecular weight excluding hydrogens is 428 g/mol. The fourth-order valence-corrected chi connectivity index (χ4v) is 4.10. The summed E-state index contributed by atoms with van der Waals surface area (Å²) in [4.78, 5) is 40.3. The second kappa shape index (κ2) is 8.61. The number of rotatable bonds is 6. The molecule has 0 radical (unpaired) electrons. The highest BCUT2D eigenvalue weighted by Gasteiger charge is 2.40. The Labute approximate surface area is 191 Å². The maximum absolute atomic E-state index is 12.8. The van der Waals surface area contributed by atoms with E-state index in [1.54, 1.807) is 48.5 Å². The lowest BCUT2D eigenvalue weighted by Gasteiger charge is -2.24. The van der Waals surface area contributed by atoms with Gasteiger partial charge in [-0.15, -0.1) is 0 Å². The van der Waals surface area contributed by atoms with Gasteiger partial charge in [0.2, 0.25) is 0 Å². The molecule has 1 atom stereocenters. The van der Waals surface area contributed by atoms with Crippen molar-refractivity contribution in [3.05, 3.63) is 81.4 Å². The fraction of sp³-hybridized carbons (Fsp3) is 0.208. The highest BCUT2D eigenvalue weighted by Crippen LogP contribution is 2.37. The molecule has 3 amide bonds. The third-order valence-electron chi connectivity index (χ3n) is 5.52. The van der Waals surface area contributed by atoms with Crippen molar-refractivity contribution in [3.8, 4) is 0 Å². The third-order valence-corrected chi connectivity index (χ3v) is 5.75. The zero-order valence-corrected chi connectivity index (χ0v) is 18.7. The van der Waals surface area contributed by atoms with E-state index in [9.17, 15) is 14.4 Å². The lowest BCUT2D eigenvalue weighted by Crippen LogP contribution is -2.44. The predicted octanol–water partition coefficient (Wildman–Crippen LogP) is 2.75. The summed E-state index contributed by atoms with van der Waals surface area (Å²) in [5.74, 6) is -0.984. The first-order chi connectivity index (χ1) is 15.3. The molecule has 8 heteroatoms. The van der Waals surface area contributed by atoms with E-state index in [1.165, 1.54) is 0 Å². The quantitative estimate of drug-likeness (QED) is 0.590. The molecule has 32 heavy (non-hydrogen) atoms. The van der Waals surface area contributed by atoms with Crippen molar-refractivity contribution < 1.29 is 14.4 Å². The van der Waals surface area contributed by atoms with Crippen molar-refractivity contribution in [2.24, 2.45) is 0 Å². The summed E-state index contributed by atoms with van der Waals surface area (Å²) in [5.41, 5.74) is 3.02. The number of amides is 3. The van der Waals surface area contributed by atoms with E-state index in [4.69, 9.17) is 11.6 Å². The van der Waals surface area contributed by atoms with Crippen LogP contribution in [0.15, 0.2) is 59.7 Å². The Hall–Kier alpha value is -3.42. The Kier molecular flexibility index (Phi) is 5.86. The number of fused-ring (bicyclic) bond motifs is 1. The minimum atomic E-state index is -0.378. The normalized spacial score (nSPS) is 16.3. The van der Waals surface area contributed by atoms with Crippen molar-refractivity contribution >= 4 is 40.7 Å². The maximum Gasteiger partial charge on any atom is 0.258 e. The van der Waals surface area contributed by atoms with Crippen molar-refractivity contribution in [1.29, 1.82) is 0 Å². The van der Waals surface area contributed by atoms with Gasteiger partial charge in [0.1, 0.15) is 0 Å². The van der Waals surface area contributed by atoms with E-state index in [0.29, 0.717) is 33.1 Å². The number of carbonyl (C=O) groups excluding carboxylic acids is 3. The first-order valence-corrected chi connectivity index (χ1v) is 10.6. The molecule has 0 aromatic heterocycles. The van der Waals surface area contributed by atoms with Gasteiger partial charge >= 0.3 is 0 Å². The molecule has 0 saturated heterocycles. The molecule has 0 fully saturated rings. The van der Waals surface area contributed by atoms with E-state index in [0.717, 1.165) is 6.42 Å². The topological polar surface area (TPSA) is 90.5 Å². The summed E-state index contributed by atoms with van der Waals surface area (Å²) in [5, 5.41) is 9.08. The number of hydrogen-bond donors (Lipinski definition) is 3. The molecule has 0 spiro atoms. The van der Waals surface area contributed by atoms with Gasteiger partial charge in [0.05, 0.1) is 28.7 Å². The lowest BCUT2D eigenvalue weighted by atomic mass is 10.0. The standard InChI is InChI=1S/C24H23ClN4O3/c1-4-17(29(2)3)26-22(30)15-9-5-7-13(11-15)20-18-19(24(32)27-20)21(28-23(18)31)14-8-6-10-16(25)12-14/h5-12,17H,4H2,1-3H3,(H,26,30)(H,27,32)(H,28,31). The monoisotopic (exact) mass is 450 g/mol. The van der Waals surface area contributed by atoms with Gasteiger partial charge in [-0.2, -0.15) is 0 Å². The lowest BCUT2D eigenvalue weighted by molar-refractivity contribution is -0.117. The largest absolute Gasteiger partial charge is 0.337 e. The molecule has 164 valence electrons. The number of nitrogens with one attached hydrogen (secondary N) is 3. The van der Waals surface area contributed by atoms with Crippen LogP contribution in [-0.4, -0.2) is 42.9 Å². The van der Waals surface area contributed by atoms with E-state index in [2.05, 4.69) is 16.0 Å². The Balaban J connectivity index is 1.73. The molecule has 2 aliphatic heterocycles. The van der Waals surface area contributed by atoms with Crippen molar-refractivity contribution in [1.82, 2.24) is 20.9 Å².